The first-order valence-electron chi connectivity index (χ1n) is 10.9. The highest BCUT2D eigenvalue weighted by Gasteiger charge is 2.53. The van der Waals surface area contributed by atoms with Crippen LogP contribution >= 0.6 is 0 Å². The van der Waals surface area contributed by atoms with Gasteiger partial charge < -0.3 is 29.7 Å². The molecule has 0 unspecified atom stereocenters. The molecule has 2 aliphatic rings. The van der Waals surface area contributed by atoms with Gasteiger partial charge >= 0.3 is 5.97 Å². The molecular weight excluding hydrogens is 438 g/mol. The number of aromatic hydroxyl groups is 2. The molecular formula is C26H23NO7. The zero-order valence-electron chi connectivity index (χ0n) is 18.6. The van der Waals surface area contributed by atoms with E-state index in [4.69, 9.17) is 14.2 Å². The van der Waals surface area contributed by atoms with E-state index in [1.165, 1.54) is 24.3 Å². The number of nitrogens with one attached hydrogen (secondary N) is 1. The first kappa shape index (κ1) is 21.8. The molecule has 2 aliphatic heterocycles. The van der Waals surface area contributed by atoms with Crippen LogP contribution in [-0.4, -0.2) is 41.3 Å². The van der Waals surface area contributed by atoms with Gasteiger partial charge in [-0.3, -0.25) is 4.79 Å². The van der Waals surface area contributed by atoms with Crippen molar-refractivity contribution in [3.63, 3.8) is 0 Å². The van der Waals surface area contributed by atoms with Crippen molar-refractivity contribution in [2.75, 3.05) is 13.2 Å². The molecule has 0 bridgehead atoms. The zero-order chi connectivity index (χ0) is 24.0. The molecule has 0 aliphatic carbocycles. The largest absolute Gasteiger partial charge is 0.508 e. The highest BCUT2D eigenvalue weighted by atomic mass is 16.6. The maximum Gasteiger partial charge on any atom is 0.340 e. The molecule has 3 aromatic carbocycles. The van der Waals surface area contributed by atoms with Crippen LogP contribution in [0, 0.1) is 0 Å². The highest BCUT2D eigenvalue weighted by Crippen LogP contribution is 2.57. The minimum Gasteiger partial charge on any atom is -0.508 e. The number of benzene rings is 3. The first-order valence-corrected chi connectivity index (χ1v) is 10.9. The fourth-order valence-electron chi connectivity index (χ4n) is 4.40. The summed E-state index contributed by atoms with van der Waals surface area (Å²) in [6.07, 6.45) is 0.0625. The Kier molecular flexibility index (Phi) is 5.17. The van der Waals surface area contributed by atoms with Gasteiger partial charge in [0.05, 0.1) is 18.3 Å². The SMILES string of the molecule is CC(C)OCCNC(=O)c1ccc2c(c1)C1(OC2=O)c2ccc(O)cc2Oc2cc(O)ccc21. The van der Waals surface area contributed by atoms with Crippen LogP contribution in [-0.2, 0) is 15.1 Å². The maximum absolute atomic E-state index is 13.0. The van der Waals surface area contributed by atoms with Crippen LogP contribution in [0.1, 0.15) is 51.3 Å². The summed E-state index contributed by atoms with van der Waals surface area (Å²) in [5, 5.41) is 22.9. The van der Waals surface area contributed by atoms with E-state index in [-0.39, 0.29) is 35.0 Å². The van der Waals surface area contributed by atoms with Gasteiger partial charge in [-0.1, -0.05) is 0 Å². The second-order valence-electron chi connectivity index (χ2n) is 8.47. The van der Waals surface area contributed by atoms with Crippen molar-refractivity contribution in [2.24, 2.45) is 0 Å². The van der Waals surface area contributed by atoms with E-state index in [0.29, 0.717) is 41.0 Å². The minimum atomic E-state index is -1.41. The molecule has 0 saturated heterocycles. The van der Waals surface area contributed by atoms with E-state index >= 15 is 0 Å². The van der Waals surface area contributed by atoms with Crippen molar-refractivity contribution in [3.05, 3.63) is 82.4 Å². The number of ether oxygens (including phenoxy) is 3. The third kappa shape index (κ3) is 3.43. The van der Waals surface area contributed by atoms with E-state index in [0.717, 1.165) is 0 Å². The normalized spacial score (nSPS) is 14.7. The Bertz CT molecular complexity index is 1260. The maximum atomic E-state index is 13.0. The molecule has 0 aromatic heterocycles. The van der Waals surface area contributed by atoms with Gasteiger partial charge in [0.1, 0.15) is 23.0 Å². The van der Waals surface area contributed by atoms with Crippen LogP contribution in [0.15, 0.2) is 54.6 Å². The van der Waals surface area contributed by atoms with Crippen molar-refractivity contribution < 1.29 is 34.0 Å². The number of amides is 1. The first-order chi connectivity index (χ1) is 16.3. The second kappa shape index (κ2) is 8.07. The lowest BCUT2D eigenvalue weighted by molar-refractivity contribution is 0.0224. The summed E-state index contributed by atoms with van der Waals surface area (Å²) in [5.74, 6) is -0.364. The van der Waals surface area contributed by atoms with Crippen molar-refractivity contribution in [1.29, 1.82) is 0 Å². The molecule has 8 nitrogen and oxygen atoms in total. The minimum absolute atomic E-state index is 0.0289. The number of esters is 1. The van der Waals surface area contributed by atoms with E-state index in [1.54, 1.807) is 30.3 Å². The molecule has 0 saturated carbocycles. The number of carbonyl (C=O) groups is 2. The average molecular weight is 461 g/mol. The lowest BCUT2D eigenvalue weighted by Gasteiger charge is -2.36. The number of phenols is 2. The number of hydrogen-bond donors (Lipinski definition) is 3. The molecule has 8 heteroatoms. The third-order valence-corrected chi connectivity index (χ3v) is 5.87. The van der Waals surface area contributed by atoms with E-state index < -0.39 is 11.6 Å². The predicted octanol–water partition coefficient (Wildman–Crippen LogP) is 3.82. The molecule has 3 N–H and O–H groups in total. The Labute approximate surface area is 195 Å². The summed E-state index contributed by atoms with van der Waals surface area (Å²) in [5.41, 5.74) is 0.740. The summed E-state index contributed by atoms with van der Waals surface area (Å²) in [4.78, 5) is 25.8. The molecule has 0 fully saturated rings. The van der Waals surface area contributed by atoms with Crippen LogP contribution in [0.2, 0.25) is 0 Å². The van der Waals surface area contributed by atoms with Gasteiger partial charge in [0, 0.05) is 40.9 Å². The standard InChI is InChI=1S/C26H23NO7/c1-14(2)32-10-9-27-24(30)15-3-6-18-21(11-15)26(34-25(18)31)19-7-4-16(28)12-22(19)33-23-13-17(29)5-8-20(23)26/h3-8,11-14,28-29H,9-10H2,1-2H3,(H,27,30). The fraction of sp³-hybridized carbons (Fsp3) is 0.231. The number of rotatable bonds is 5. The Morgan fingerprint density at radius 1 is 0.971 bits per heavy atom. The number of carbonyl (C=O) groups excluding carboxylic acids is 2. The zero-order valence-corrected chi connectivity index (χ0v) is 18.6. The summed E-state index contributed by atoms with van der Waals surface area (Å²) < 4.78 is 17.4. The number of fused-ring (bicyclic) bond motifs is 6. The summed E-state index contributed by atoms with van der Waals surface area (Å²) in [6, 6.07) is 13.8. The van der Waals surface area contributed by atoms with Crippen molar-refractivity contribution in [1.82, 2.24) is 5.32 Å². The van der Waals surface area contributed by atoms with Crippen LogP contribution in [0.3, 0.4) is 0 Å². The Balaban J connectivity index is 1.62. The Morgan fingerprint density at radius 3 is 2.24 bits per heavy atom. The molecule has 0 radical (unpaired) electrons. The lowest BCUT2D eigenvalue weighted by atomic mass is 9.77. The molecule has 1 amide bonds. The van der Waals surface area contributed by atoms with Crippen LogP contribution in [0.25, 0.3) is 0 Å². The van der Waals surface area contributed by atoms with Crippen LogP contribution < -0.4 is 10.1 Å². The molecule has 1 spiro atoms. The summed E-state index contributed by atoms with van der Waals surface area (Å²) in [7, 11) is 0. The molecule has 34 heavy (non-hydrogen) atoms. The van der Waals surface area contributed by atoms with E-state index in [2.05, 4.69) is 5.32 Å². The number of hydrogen-bond acceptors (Lipinski definition) is 7. The topological polar surface area (TPSA) is 114 Å². The van der Waals surface area contributed by atoms with Gasteiger partial charge in [-0.15, -0.1) is 0 Å². The lowest BCUT2D eigenvalue weighted by Crippen LogP contribution is -2.33. The molecule has 2 heterocycles. The predicted molar refractivity (Wildman–Crippen MR) is 121 cm³/mol. The van der Waals surface area contributed by atoms with Crippen molar-refractivity contribution in [3.8, 4) is 23.0 Å². The second-order valence-corrected chi connectivity index (χ2v) is 8.47. The summed E-state index contributed by atoms with van der Waals surface area (Å²) >= 11 is 0. The smallest absolute Gasteiger partial charge is 0.340 e. The molecule has 5 rings (SSSR count). The Hall–Kier alpha value is -4.04. The van der Waals surface area contributed by atoms with Gasteiger partial charge in [-0.2, -0.15) is 0 Å². The van der Waals surface area contributed by atoms with Gasteiger partial charge in [0.25, 0.3) is 5.91 Å². The average Bonchev–Trinajstić information content (AvgIpc) is 3.08. The number of phenolic OH excluding ortho intramolecular Hbond substituents is 2. The van der Waals surface area contributed by atoms with E-state index in [9.17, 15) is 19.8 Å². The van der Waals surface area contributed by atoms with Gasteiger partial charge in [0.15, 0.2) is 5.60 Å². The van der Waals surface area contributed by atoms with E-state index in [1.807, 2.05) is 13.8 Å². The monoisotopic (exact) mass is 461 g/mol. The fourth-order valence-corrected chi connectivity index (χ4v) is 4.40. The van der Waals surface area contributed by atoms with Gasteiger partial charge in [0.2, 0.25) is 0 Å². The Morgan fingerprint density at radius 2 is 1.62 bits per heavy atom. The molecule has 174 valence electrons. The van der Waals surface area contributed by atoms with Crippen molar-refractivity contribution in [2.45, 2.75) is 25.6 Å². The van der Waals surface area contributed by atoms with Gasteiger partial charge in [-0.25, -0.2) is 4.79 Å². The molecule has 3 aromatic rings. The third-order valence-electron chi connectivity index (χ3n) is 5.87. The quantitative estimate of drug-likeness (QED) is 0.391. The van der Waals surface area contributed by atoms with Crippen LogP contribution in [0.5, 0.6) is 23.0 Å². The highest BCUT2D eigenvalue weighted by molar-refractivity contribution is 6.00. The van der Waals surface area contributed by atoms with Gasteiger partial charge in [-0.05, 0) is 56.3 Å². The summed E-state index contributed by atoms with van der Waals surface area (Å²) in [6.45, 7) is 4.56. The van der Waals surface area contributed by atoms with Crippen LogP contribution in [0.4, 0.5) is 0 Å². The molecule has 0 atom stereocenters. The van der Waals surface area contributed by atoms with Crippen molar-refractivity contribution >= 4 is 11.9 Å².